The van der Waals surface area contributed by atoms with Gasteiger partial charge in [0, 0.05) is 18.3 Å². The molecule has 1 atom stereocenters. The van der Waals surface area contributed by atoms with E-state index in [2.05, 4.69) is 10.6 Å². The van der Waals surface area contributed by atoms with Crippen LogP contribution in [0.5, 0.6) is 0 Å². The van der Waals surface area contributed by atoms with Crippen LogP contribution in [0.15, 0.2) is 18.2 Å². The van der Waals surface area contributed by atoms with Crippen LogP contribution in [-0.4, -0.2) is 30.8 Å². The van der Waals surface area contributed by atoms with Gasteiger partial charge in [-0.3, -0.25) is 14.4 Å². The van der Waals surface area contributed by atoms with Crippen molar-refractivity contribution >= 4 is 23.4 Å². The van der Waals surface area contributed by atoms with Gasteiger partial charge in [0.25, 0.3) is 5.91 Å². The Bertz CT molecular complexity index is 542. The van der Waals surface area contributed by atoms with Gasteiger partial charge in [-0.25, -0.2) is 0 Å². The number of rotatable bonds is 5. The Morgan fingerprint density at radius 3 is 2.50 bits per heavy atom. The number of amides is 3. The van der Waals surface area contributed by atoms with Gasteiger partial charge in [0.05, 0.1) is 12.5 Å². The van der Waals surface area contributed by atoms with E-state index in [4.69, 9.17) is 11.5 Å². The Kier molecular flexibility index (Phi) is 5.22. The van der Waals surface area contributed by atoms with Crippen LogP contribution in [-0.2, 0) is 9.59 Å². The molecule has 0 saturated carbocycles. The third-order valence-electron chi connectivity index (χ3n) is 2.82. The molecule has 108 valence electrons. The summed E-state index contributed by atoms with van der Waals surface area (Å²) in [6.07, 6.45) is -0.236. The van der Waals surface area contributed by atoms with Crippen molar-refractivity contribution in [1.82, 2.24) is 5.32 Å². The number of primary amides is 1. The predicted molar refractivity (Wildman–Crippen MR) is 75.0 cm³/mol. The molecule has 0 saturated heterocycles. The number of carbonyl (C=O) groups is 3. The lowest BCUT2D eigenvalue weighted by atomic mass is 10.1. The van der Waals surface area contributed by atoms with Gasteiger partial charge in [-0.1, -0.05) is 6.07 Å². The van der Waals surface area contributed by atoms with E-state index >= 15 is 0 Å². The SMILES string of the molecule is CNC(=O)c1cccc(NC(=O)C(N)CC(N)=O)c1C. The molecule has 0 spiro atoms. The molecule has 1 aromatic carbocycles. The highest BCUT2D eigenvalue weighted by Crippen LogP contribution is 2.19. The van der Waals surface area contributed by atoms with E-state index in [0.717, 1.165) is 0 Å². The molecule has 7 heteroatoms. The molecule has 0 radical (unpaired) electrons. The van der Waals surface area contributed by atoms with Gasteiger partial charge in [-0.2, -0.15) is 0 Å². The maximum atomic E-state index is 11.8. The number of carbonyl (C=O) groups excluding carboxylic acids is 3. The number of nitrogens with two attached hydrogens (primary N) is 2. The molecule has 0 fully saturated rings. The van der Waals surface area contributed by atoms with Crippen molar-refractivity contribution in [2.75, 3.05) is 12.4 Å². The summed E-state index contributed by atoms with van der Waals surface area (Å²) in [6, 6.07) is 3.92. The molecule has 0 bridgehead atoms. The zero-order valence-electron chi connectivity index (χ0n) is 11.4. The van der Waals surface area contributed by atoms with Crippen LogP contribution in [0.4, 0.5) is 5.69 Å². The summed E-state index contributed by atoms with van der Waals surface area (Å²) in [5.41, 5.74) is 12.1. The minimum Gasteiger partial charge on any atom is -0.370 e. The fraction of sp³-hybridized carbons (Fsp3) is 0.308. The van der Waals surface area contributed by atoms with Gasteiger partial charge in [-0.15, -0.1) is 0 Å². The second-order valence-electron chi connectivity index (χ2n) is 4.32. The van der Waals surface area contributed by atoms with Crippen LogP contribution < -0.4 is 22.1 Å². The van der Waals surface area contributed by atoms with Gasteiger partial charge in [0.2, 0.25) is 11.8 Å². The topological polar surface area (TPSA) is 127 Å². The van der Waals surface area contributed by atoms with Crippen molar-refractivity contribution in [2.24, 2.45) is 11.5 Å². The van der Waals surface area contributed by atoms with Crippen molar-refractivity contribution in [3.63, 3.8) is 0 Å². The molecule has 3 amide bonds. The maximum absolute atomic E-state index is 11.8. The Morgan fingerprint density at radius 1 is 1.30 bits per heavy atom. The summed E-state index contributed by atoms with van der Waals surface area (Å²) in [5.74, 6) is -1.43. The standard InChI is InChI=1S/C13H18N4O3/c1-7-8(12(19)16-2)4-3-5-10(7)17-13(20)9(14)6-11(15)18/h3-5,9H,6,14H2,1-2H3,(H2,15,18)(H,16,19)(H,17,20). The summed E-state index contributed by atoms with van der Waals surface area (Å²) >= 11 is 0. The van der Waals surface area contributed by atoms with E-state index in [1.165, 1.54) is 7.05 Å². The fourth-order valence-corrected chi connectivity index (χ4v) is 1.69. The third-order valence-corrected chi connectivity index (χ3v) is 2.82. The van der Waals surface area contributed by atoms with Gasteiger partial charge in [0.1, 0.15) is 0 Å². The molecule has 7 nitrogen and oxygen atoms in total. The zero-order valence-corrected chi connectivity index (χ0v) is 11.4. The van der Waals surface area contributed by atoms with Crippen LogP contribution in [0.1, 0.15) is 22.3 Å². The largest absolute Gasteiger partial charge is 0.370 e. The number of anilines is 1. The first kappa shape index (κ1) is 15.6. The molecule has 0 heterocycles. The summed E-state index contributed by atoms with van der Waals surface area (Å²) in [7, 11) is 1.52. The van der Waals surface area contributed by atoms with E-state index in [-0.39, 0.29) is 12.3 Å². The molecule has 1 aromatic rings. The lowest BCUT2D eigenvalue weighted by molar-refractivity contribution is -0.123. The minimum absolute atomic E-state index is 0.236. The van der Waals surface area contributed by atoms with Crippen molar-refractivity contribution in [3.05, 3.63) is 29.3 Å². The van der Waals surface area contributed by atoms with Crippen LogP contribution in [0.25, 0.3) is 0 Å². The molecule has 0 aromatic heterocycles. The lowest BCUT2D eigenvalue weighted by Crippen LogP contribution is -2.39. The van der Waals surface area contributed by atoms with E-state index in [1.807, 2.05) is 0 Å². The lowest BCUT2D eigenvalue weighted by Gasteiger charge is -2.14. The molecular weight excluding hydrogens is 260 g/mol. The second-order valence-corrected chi connectivity index (χ2v) is 4.32. The van der Waals surface area contributed by atoms with Crippen molar-refractivity contribution in [1.29, 1.82) is 0 Å². The first-order chi connectivity index (χ1) is 9.36. The molecule has 20 heavy (non-hydrogen) atoms. The molecular formula is C13H18N4O3. The highest BCUT2D eigenvalue weighted by molar-refractivity contribution is 6.01. The number of hydrogen-bond acceptors (Lipinski definition) is 4. The van der Waals surface area contributed by atoms with Gasteiger partial charge in [-0.05, 0) is 24.6 Å². The highest BCUT2D eigenvalue weighted by Gasteiger charge is 2.18. The predicted octanol–water partition coefficient (Wildman–Crippen LogP) is -0.504. The van der Waals surface area contributed by atoms with Crippen LogP contribution >= 0.6 is 0 Å². The van der Waals surface area contributed by atoms with Crippen molar-refractivity contribution < 1.29 is 14.4 Å². The Hall–Kier alpha value is -2.41. The van der Waals surface area contributed by atoms with Crippen LogP contribution in [0.3, 0.4) is 0 Å². The van der Waals surface area contributed by atoms with Gasteiger partial charge >= 0.3 is 0 Å². The van der Waals surface area contributed by atoms with Gasteiger partial charge < -0.3 is 22.1 Å². The second kappa shape index (κ2) is 6.67. The maximum Gasteiger partial charge on any atom is 0.251 e. The zero-order chi connectivity index (χ0) is 15.3. The van der Waals surface area contributed by atoms with Crippen LogP contribution in [0.2, 0.25) is 0 Å². The smallest absolute Gasteiger partial charge is 0.251 e. The quantitative estimate of drug-likeness (QED) is 0.578. The average Bonchev–Trinajstić information content (AvgIpc) is 2.39. The van der Waals surface area contributed by atoms with E-state index in [9.17, 15) is 14.4 Å². The molecule has 1 rings (SSSR count). The Labute approximate surface area is 116 Å². The Morgan fingerprint density at radius 2 is 1.95 bits per heavy atom. The molecule has 6 N–H and O–H groups in total. The molecule has 0 aliphatic carbocycles. The van der Waals surface area contributed by atoms with E-state index in [0.29, 0.717) is 16.8 Å². The Balaban J connectivity index is 2.90. The number of nitrogens with one attached hydrogen (secondary N) is 2. The third kappa shape index (κ3) is 3.79. The summed E-state index contributed by atoms with van der Waals surface area (Å²) in [4.78, 5) is 34.2. The number of hydrogen-bond donors (Lipinski definition) is 4. The normalized spacial score (nSPS) is 11.6. The summed E-state index contributed by atoms with van der Waals surface area (Å²) < 4.78 is 0. The average molecular weight is 278 g/mol. The first-order valence-electron chi connectivity index (χ1n) is 6.03. The molecule has 0 aliphatic rings. The van der Waals surface area contributed by atoms with Crippen molar-refractivity contribution in [2.45, 2.75) is 19.4 Å². The fourth-order valence-electron chi connectivity index (χ4n) is 1.69. The highest BCUT2D eigenvalue weighted by atomic mass is 16.2. The van der Waals surface area contributed by atoms with E-state index < -0.39 is 17.9 Å². The minimum atomic E-state index is -1.02. The molecule has 0 aliphatic heterocycles. The summed E-state index contributed by atoms with van der Waals surface area (Å²) in [6.45, 7) is 1.71. The first-order valence-corrected chi connectivity index (χ1v) is 6.03. The number of benzene rings is 1. The van der Waals surface area contributed by atoms with E-state index in [1.54, 1.807) is 25.1 Å². The monoisotopic (exact) mass is 278 g/mol. The van der Waals surface area contributed by atoms with Crippen LogP contribution in [0, 0.1) is 6.92 Å². The summed E-state index contributed by atoms with van der Waals surface area (Å²) in [5, 5.41) is 5.10. The van der Waals surface area contributed by atoms with Gasteiger partial charge in [0.15, 0.2) is 0 Å². The molecule has 1 unspecified atom stereocenters. The van der Waals surface area contributed by atoms with Crippen molar-refractivity contribution in [3.8, 4) is 0 Å².